The number of aliphatic hydroxyl groups excluding tert-OH is 2. The topological polar surface area (TPSA) is 176 Å². The van der Waals surface area contributed by atoms with Gasteiger partial charge >= 0.3 is 0 Å². The van der Waals surface area contributed by atoms with E-state index in [1.165, 1.54) is 5.56 Å². The number of Topliss-reactive ketones (excluding diaryl/α,β-unsaturated/α-hetero) is 1. The number of methoxy groups -OCH3 is 1. The van der Waals surface area contributed by atoms with Crippen molar-refractivity contribution in [2.75, 3.05) is 19.5 Å². The highest BCUT2D eigenvalue weighted by molar-refractivity contribution is 6.01. The average molecular weight is 826 g/mol. The van der Waals surface area contributed by atoms with E-state index in [0.717, 1.165) is 53.4 Å². The van der Waals surface area contributed by atoms with Crippen LogP contribution in [0.3, 0.4) is 0 Å². The number of nitrogens with two attached hydrogens (primary N) is 1. The first kappa shape index (κ1) is 42.9. The fourth-order valence-corrected chi connectivity index (χ4v) is 8.76. The van der Waals surface area contributed by atoms with E-state index in [1.807, 2.05) is 55.5 Å². The first-order chi connectivity index (χ1) is 29.5. The van der Waals surface area contributed by atoms with Gasteiger partial charge in [-0.05, 0) is 126 Å². The van der Waals surface area contributed by atoms with E-state index in [1.54, 1.807) is 32.4 Å². The molecule has 0 amide bonds. The number of phenols is 1. The minimum Gasteiger partial charge on any atom is -0.508 e. The van der Waals surface area contributed by atoms with Gasteiger partial charge in [0.05, 0.1) is 7.11 Å². The molecule has 2 heterocycles. The fourth-order valence-electron chi connectivity index (χ4n) is 8.76. The number of aryl methyl sites for hydroxylation is 2. The number of phenolic OH excluding ortho intramolecular Hbond substituents is 1. The molecule has 8 rings (SSSR count). The zero-order chi connectivity index (χ0) is 43.0. The lowest BCUT2D eigenvalue weighted by atomic mass is 9.80. The number of unbranched alkanes of at least 4 members (excludes halogenated alkanes) is 1. The molecule has 7 N–H and O–H groups in total. The fraction of sp³-hybridized carbons (Fsp3) is 0.360. The van der Waals surface area contributed by atoms with Gasteiger partial charge in [-0.3, -0.25) is 9.79 Å². The molecule has 2 aliphatic carbocycles. The van der Waals surface area contributed by atoms with E-state index in [2.05, 4.69) is 40.5 Å². The Hall–Kier alpha value is -6.22. The standard InChI is InChI=1S/C50H55N3O8/c1-30-13-19-40-44-29-61-47-23-32(15-20-46(47)59-3)14-17-37(55)26-38(60-21-7-12-39-42(27-43(44)49(57)58)48(40)41(30)28-45(39)56)25-34-24-36(54)18-16-33(34)10-5-4-8-31-9-6-11-35(22-31)53-50(51)52-2/h6,9,11,13,15-16,18-20,22-24,27-28,30,33-34,38,49,54,56-58H,4-5,8,10,12,14,17,25-26,29H2,1-3H3,(H3,51,52,53). The van der Waals surface area contributed by atoms with E-state index in [9.17, 15) is 25.2 Å². The Kier molecular flexibility index (Phi) is 13.7. The zero-order valence-corrected chi connectivity index (χ0v) is 35.0. The number of hydrogen-bond donors (Lipinski definition) is 6. The molecule has 0 fully saturated rings. The molecule has 0 saturated heterocycles. The Morgan fingerprint density at radius 2 is 1.89 bits per heavy atom. The quantitative estimate of drug-likeness (QED) is 0.0299. The first-order valence-electron chi connectivity index (χ1n) is 21.0. The molecule has 0 aromatic heterocycles. The van der Waals surface area contributed by atoms with Gasteiger partial charge in [0.15, 0.2) is 23.7 Å². The lowest BCUT2D eigenvalue weighted by Gasteiger charge is -2.28. The number of nitrogens with one attached hydrogen (secondary N) is 1. The van der Waals surface area contributed by atoms with Crippen molar-refractivity contribution in [3.63, 3.8) is 0 Å². The van der Waals surface area contributed by atoms with Crippen LogP contribution in [0.1, 0.15) is 96.6 Å². The highest BCUT2D eigenvalue weighted by Gasteiger charge is 2.28. The molecule has 11 heteroatoms. The van der Waals surface area contributed by atoms with Crippen LogP contribution in [-0.4, -0.2) is 52.4 Å². The lowest BCUT2D eigenvalue weighted by Crippen LogP contribution is -2.24. The number of aliphatic imine (C=N–C) groups is 1. The third kappa shape index (κ3) is 10.2. The molecule has 4 aromatic rings. The minimum atomic E-state index is -1.82. The number of nitrogens with zero attached hydrogens (tertiary/aromatic N) is 1. The summed E-state index contributed by atoms with van der Waals surface area (Å²) in [4.78, 5) is 17.7. The lowest BCUT2D eigenvalue weighted by molar-refractivity contribution is -0.121. The van der Waals surface area contributed by atoms with E-state index in [-0.39, 0.29) is 66.5 Å². The summed E-state index contributed by atoms with van der Waals surface area (Å²) >= 11 is 0. The molecule has 4 atom stereocenters. The number of carbonyl (C=O) groups is 1. The molecule has 0 spiro atoms. The number of benzene rings is 4. The highest BCUT2D eigenvalue weighted by Crippen LogP contribution is 2.44. The first-order valence-corrected chi connectivity index (χ1v) is 21.0. The van der Waals surface area contributed by atoms with Gasteiger partial charge in [0, 0.05) is 54.6 Å². The number of fused-ring (bicyclic) bond motifs is 9. The minimum absolute atomic E-state index is 0.00674. The number of allylic oxidation sites excluding steroid dienone is 4. The Morgan fingerprint density at radius 3 is 2.69 bits per heavy atom. The molecule has 11 nitrogen and oxygen atoms in total. The van der Waals surface area contributed by atoms with Crippen LogP contribution in [0, 0.1) is 23.9 Å². The third-order valence-electron chi connectivity index (χ3n) is 12.0. The van der Waals surface area contributed by atoms with Gasteiger partial charge in [-0.1, -0.05) is 55.7 Å². The van der Waals surface area contributed by atoms with Gasteiger partial charge in [0.2, 0.25) is 0 Å². The van der Waals surface area contributed by atoms with Gasteiger partial charge in [-0.15, -0.1) is 0 Å². The van der Waals surface area contributed by atoms with Crippen molar-refractivity contribution in [2.45, 2.75) is 89.6 Å². The summed E-state index contributed by atoms with van der Waals surface area (Å²) in [7, 11) is 3.20. The predicted molar refractivity (Wildman–Crippen MR) is 238 cm³/mol. The maximum absolute atomic E-state index is 13.7. The van der Waals surface area contributed by atoms with Crippen LogP contribution in [0.25, 0.3) is 16.8 Å². The van der Waals surface area contributed by atoms with Gasteiger partial charge in [-0.25, -0.2) is 0 Å². The average Bonchev–Trinajstić information content (AvgIpc) is 3.24. The number of aromatic hydroxyl groups is 1. The summed E-state index contributed by atoms with van der Waals surface area (Å²) in [5.41, 5.74) is 11.9. The summed E-state index contributed by atoms with van der Waals surface area (Å²) in [5, 5.41) is 48.1. The smallest absolute Gasteiger partial charge is 0.192 e. The summed E-state index contributed by atoms with van der Waals surface area (Å²) < 4.78 is 18.3. The van der Waals surface area contributed by atoms with E-state index in [4.69, 9.17) is 19.9 Å². The van der Waals surface area contributed by atoms with Gasteiger partial charge in [0.25, 0.3) is 0 Å². The molecule has 0 saturated carbocycles. The molecule has 6 bridgehead atoms. The number of carbonyl (C=O) groups excluding carboxylic acids is 1. The van der Waals surface area contributed by atoms with Crippen LogP contribution in [0.5, 0.6) is 17.2 Å². The number of hydrogen-bond acceptors (Lipinski definition) is 9. The van der Waals surface area contributed by atoms with Crippen molar-refractivity contribution in [1.82, 2.24) is 0 Å². The Labute approximate surface area is 357 Å². The van der Waals surface area contributed by atoms with Crippen molar-refractivity contribution in [2.24, 2.45) is 22.6 Å². The van der Waals surface area contributed by atoms with Crippen LogP contribution in [0.2, 0.25) is 0 Å². The maximum Gasteiger partial charge on any atom is 0.192 e. The van der Waals surface area contributed by atoms with Crippen molar-refractivity contribution in [1.29, 1.82) is 0 Å². The summed E-state index contributed by atoms with van der Waals surface area (Å²) in [6.45, 7) is 2.06. The number of aliphatic hydroxyl groups is 3. The van der Waals surface area contributed by atoms with Crippen LogP contribution >= 0.6 is 0 Å². The number of ketones is 1. The van der Waals surface area contributed by atoms with Crippen molar-refractivity contribution < 1.29 is 39.4 Å². The number of ether oxygens (including phenoxy) is 3. The van der Waals surface area contributed by atoms with Gasteiger partial charge in [0.1, 0.15) is 36.1 Å². The number of rotatable bonds is 10. The molecule has 0 radical (unpaired) electrons. The van der Waals surface area contributed by atoms with Gasteiger partial charge < -0.3 is 45.7 Å². The highest BCUT2D eigenvalue weighted by atomic mass is 16.5. The maximum atomic E-state index is 13.7. The molecular weight excluding hydrogens is 771 g/mol. The van der Waals surface area contributed by atoms with E-state index in [0.29, 0.717) is 46.8 Å². The second kappa shape index (κ2) is 19.4. The molecule has 4 aromatic carbocycles. The van der Waals surface area contributed by atoms with Gasteiger partial charge in [-0.2, -0.15) is 0 Å². The molecule has 2 aliphatic heterocycles. The molecule has 4 aliphatic rings. The normalized spacial score (nSPS) is 20.3. The van der Waals surface area contributed by atoms with Crippen molar-refractivity contribution >= 4 is 34.3 Å². The van der Waals surface area contributed by atoms with E-state index >= 15 is 0 Å². The second-order valence-corrected chi connectivity index (χ2v) is 16.2. The summed E-state index contributed by atoms with van der Waals surface area (Å²) in [5.74, 6) is 4.69. The molecule has 61 heavy (non-hydrogen) atoms. The van der Waals surface area contributed by atoms with Crippen molar-refractivity contribution in [3.05, 3.63) is 124 Å². The van der Waals surface area contributed by atoms with Crippen LogP contribution in [-0.2, 0) is 35.4 Å². The zero-order valence-electron chi connectivity index (χ0n) is 35.0. The monoisotopic (exact) mass is 825 g/mol. The van der Waals surface area contributed by atoms with Crippen LogP contribution < -0.4 is 20.5 Å². The van der Waals surface area contributed by atoms with Crippen LogP contribution in [0.15, 0.2) is 89.7 Å². The molecular formula is C50H55N3O8. The Balaban J connectivity index is 1.16. The Bertz CT molecular complexity index is 2460. The number of anilines is 1. The summed E-state index contributed by atoms with van der Waals surface area (Å²) in [6, 6.07) is 17.2. The van der Waals surface area contributed by atoms with Crippen molar-refractivity contribution in [3.8, 4) is 29.3 Å². The van der Waals surface area contributed by atoms with E-state index < -0.39 is 12.4 Å². The third-order valence-corrected chi connectivity index (χ3v) is 12.0. The summed E-state index contributed by atoms with van der Waals surface area (Å²) in [6.07, 6.45) is 15.3. The second-order valence-electron chi connectivity index (χ2n) is 16.2. The SMILES string of the molecule is CN=C(N)Nc1cccc(CCCCC2C=CC(O)=CC2CC2CC(=O)CCc3ccc(OC)c(c3)OCc3c(C(O)O)cc4c(c(O)cc5c4c3C=CC5C)CC#CO2)c1. The number of guanidine groups is 1. The largest absolute Gasteiger partial charge is 0.508 e. The Morgan fingerprint density at radius 1 is 1.03 bits per heavy atom. The molecule has 318 valence electrons. The predicted octanol–water partition coefficient (Wildman–Crippen LogP) is 8.44. The molecule has 4 unspecified atom stereocenters. The van der Waals surface area contributed by atoms with Crippen LogP contribution in [0.4, 0.5) is 5.69 Å².